The first kappa shape index (κ1) is 16.7. The molecular formula is C16H24N2O4S. The van der Waals surface area contributed by atoms with Crippen LogP contribution in [0.25, 0.3) is 0 Å². The summed E-state index contributed by atoms with van der Waals surface area (Å²) < 4.78 is 37.3. The smallest absolute Gasteiger partial charge is 0.243 e. The minimum Gasteiger partial charge on any atom is -0.497 e. The predicted molar refractivity (Wildman–Crippen MR) is 87.1 cm³/mol. The van der Waals surface area contributed by atoms with Gasteiger partial charge in [0.05, 0.1) is 18.6 Å². The summed E-state index contributed by atoms with van der Waals surface area (Å²) in [6.07, 6.45) is 0.992. The Hall–Kier alpha value is -1.15. The van der Waals surface area contributed by atoms with E-state index in [4.69, 9.17) is 9.47 Å². The van der Waals surface area contributed by atoms with Crippen LogP contribution in [-0.2, 0) is 14.8 Å². The van der Waals surface area contributed by atoms with Crippen LogP contribution in [0.5, 0.6) is 5.75 Å². The Morgan fingerprint density at radius 3 is 2.43 bits per heavy atom. The third-order valence-electron chi connectivity index (χ3n) is 5.05. The third kappa shape index (κ3) is 2.87. The summed E-state index contributed by atoms with van der Waals surface area (Å²) in [6, 6.07) is 6.56. The van der Waals surface area contributed by atoms with Crippen molar-refractivity contribution >= 4 is 10.0 Å². The van der Waals surface area contributed by atoms with Crippen LogP contribution >= 0.6 is 0 Å². The SMILES string of the molecule is COCC1CN(C)C2(C1)CN(S(=O)(=O)c1ccc(OC)cc1)C2. The molecule has 23 heavy (non-hydrogen) atoms. The van der Waals surface area contributed by atoms with Gasteiger partial charge in [-0.25, -0.2) is 8.42 Å². The Morgan fingerprint density at radius 2 is 1.87 bits per heavy atom. The highest BCUT2D eigenvalue weighted by Crippen LogP contribution is 2.41. The number of benzene rings is 1. The Bertz CT molecular complexity index is 653. The Morgan fingerprint density at radius 1 is 1.22 bits per heavy atom. The van der Waals surface area contributed by atoms with Crippen molar-refractivity contribution in [3.8, 4) is 5.75 Å². The summed E-state index contributed by atoms with van der Waals surface area (Å²) >= 11 is 0. The lowest BCUT2D eigenvalue weighted by Gasteiger charge is -2.50. The van der Waals surface area contributed by atoms with Crippen molar-refractivity contribution in [1.82, 2.24) is 9.21 Å². The number of ether oxygens (including phenoxy) is 2. The topological polar surface area (TPSA) is 59.1 Å². The van der Waals surface area contributed by atoms with Crippen molar-refractivity contribution in [3.63, 3.8) is 0 Å². The molecule has 1 atom stereocenters. The minimum absolute atomic E-state index is 0.0251. The van der Waals surface area contributed by atoms with E-state index >= 15 is 0 Å². The zero-order valence-electron chi connectivity index (χ0n) is 13.9. The molecule has 0 aromatic heterocycles. The number of likely N-dealkylation sites (N-methyl/N-ethyl adjacent to an activating group) is 1. The fourth-order valence-electron chi connectivity index (χ4n) is 3.73. The second kappa shape index (κ2) is 6.05. The van der Waals surface area contributed by atoms with Crippen LogP contribution in [-0.4, -0.2) is 70.7 Å². The highest BCUT2D eigenvalue weighted by atomic mass is 32.2. The molecule has 2 fully saturated rings. The molecule has 7 heteroatoms. The Kier molecular flexibility index (Phi) is 4.39. The Labute approximate surface area is 138 Å². The molecule has 1 aromatic rings. The van der Waals surface area contributed by atoms with E-state index in [1.165, 1.54) is 0 Å². The molecule has 6 nitrogen and oxygen atoms in total. The molecule has 2 aliphatic heterocycles. The van der Waals surface area contributed by atoms with E-state index in [0.717, 1.165) is 19.6 Å². The van der Waals surface area contributed by atoms with Gasteiger partial charge in [0.1, 0.15) is 5.75 Å². The minimum atomic E-state index is -3.42. The molecule has 2 heterocycles. The van der Waals surface area contributed by atoms with Gasteiger partial charge in [-0.3, -0.25) is 4.90 Å². The fraction of sp³-hybridized carbons (Fsp3) is 0.625. The van der Waals surface area contributed by atoms with Crippen molar-refractivity contribution in [2.45, 2.75) is 16.9 Å². The molecule has 128 valence electrons. The summed E-state index contributed by atoms with van der Waals surface area (Å²) in [5, 5.41) is 0. The molecule has 2 saturated heterocycles. The number of nitrogens with zero attached hydrogens (tertiary/aromatic N) is 2. The number of hydrogen-bond donors (Lipinski definition) is 0. The maximum atomic E-state index is 12.7. The van der Waals surface area contributed by atoms with Gasteiger partial charge in [0, 0.05) is 32.3 Å². The summed E-state index contributed by atoms with van der Waals surface area (Å²) in [4.78, 5) is 2.61. The predicted octanol–water partition coefficient (Wildman–Crippen LogP) is 1.04. The molecule has 0 saturated carbocycles. The first-order valence-electron chi connectivity index (χ1n) is 7.76. The van der Waals surface area contributed by atoms with Gasteiger partial charge in [-0.1, -0.05) is 0 Å². The maximum Gasteiger partial charge on any atom is 0.243 e. The molecule has 1 unspecified atom stereocenters. The van der Waals surface area contributed by atoms with Gasteiger partial charge in [0.25, 0.3) is 0 Å². The normalized spacial score (nSPS) is 24.7. The Balaban J connectivity index is 1.70. The average Bonchev–Trinajstić information content (AvgIpc) is 2.83. The first-order valence-corrected chi connectivity index (χ1v) is 9.20. The average molecular weight is 340 g/mol. The van der Waals surface area contributed by atoms with Crippen molar-refractivity contribution < 1.29 is 17.9 Å². The molecule has 0 N–H and O–H groups in total. The van der Waals surface area contributed by atoms with Crippen LogP contribution in [0.15, 0.2) is 29.2 Å². The monoisotopic (exact) mass is 340 g/mol. The lowest BCUT2D eigenvalue weighted by atomic mass is 9.87. The molecule has 3 rings (SSSR count). The standard InChI is InChI=1S/C16H24N2O4S/c1-17-9-13(10-21-2)8-16(17)11-18(12-16)23(19,20)15-6-4-14(22-3)5-7-15/h4-7,13H,8-12H2,1-3H3. The summed E-state index contributed by atoms with van der Waals surface area (Å²) in [6.45, 7) is 2.80. The van der Waals surface area contributed by atoms with Crippen molar-refractivity contribution in [2.75, 3.05) is 47.5 Å². The van der Waals surface area contributed by atoms with Gasteiger partial charge in [0.2, 0.25) is 10.0 Å². The highest BCUT2D eigenvalue weighted by molar-refractivity contribution is 7.89. The van der Waals surface area contributed by atoms with Crippen LogP contribution in [0.2, 0.25) is 0 Å². The van der Waals surface area contributed by atoms with Crippen LogP contribution in [0.4, 0.5) is 0 Å². The molecule has 0 aliphatic carbocycles. The summed E-state index contributed by atoms with van der Waals surface area (Å²) in [7, 11) is 1.93. The van der Waals surface area contributed by atoms with Crippen molar-refractivity contribution in [3.05, 3.63) is 24.3 Å². The van der Waals surface area contributed by atoms with Gasteiger partial charge >= 0.3 is 0 Å². The second-order valence-electron chi connectivity index (χ2n) is 6.58. The molecule has 2 aliphatic rings. The van der Waals surface area contributed by atoms with Crippen molar-refractivity contribution in [2.24, 2.45) is 5.92 Å². The van der Waals surface area contributed by atoms with E-state index in [9.17, 15) is 8.42 Å². The van der Waals surface area contributed by atoms with Gasteiger partial charge in [-0.15, -0.1) is 0 Å². The third-order valence-corrected chi connectivity index (χ3v) is 6.86. The summed E-state index contributed by atoms with van der Waals surface area (Å²) in [5.41, 5.74) is -0.0251. The van der Waals surface area contributed by atoms with Crippen molar-refractivity contribution in [1.29, 1.82) is 0 Å². The second-order valence-corrected chi connectivity index (χ2v) is 8.52. The van der Waals surface area contributed by atoms with E-state index in [-0.39, 0.29) is 5.54 Å². The number of sulfonamides is 1. The van der Waals surface area contributed by atoms with Gasteiger partial charge in [0.15, 0.2) is 0 Å². The maximum absolute atomic E-state index is 12.7. The van der Waals surface area contributed by atoms with E-state index in [2.05, 4.69) is 11.9 Å². The molecular weight excluding hydrogens is 316 g/mol. The van der Waals surface area contributed by atoms with Crippen LogP contribution < -0.4 is 4.74 Å². The molecule has 0 radical (unpaired) electrons. The van der Waals surface area contributed by atoms with Crippen LogP contribution in [0, 0.1) is 5.92 Å². The van der Waals surface area contributed by atoms with Crippen LogP contribution in [0.1, 0.15) is 6.42 Å². The lowest BCUT2D eigenvalue weighted by Crippen LogP contribution is -2.67. The number of methoxy groups -OCH3 is 2. The van der Waals surface area contributed by atoms with E-state index < -0.39 is 10.0 Å². The van der Waals surface area contributed by atoms with Gasteiger partial charge < -0.3 is 9.47 Å². The molecule has 0 bridgehead atoms. The first-order chi connectivity index (χ1) is 10.9. The zero-order chi connectivity index (χ0) is 16.7. The number of likely N-dealkylation sites (tertiary alicyclic amines) is 1. The number of hydrogen-bond acceptors (Lipinski definition) is 5. The summed E-state index contributed by atoms with van der Waals surface area (Å²) in [5.74, 6) is 1.14. The molecule has 0 amide bonds. The fourth-order valence-corrected chi connectivity index (χ4v) is 5.33. The largest absolute Gasteiger partial charge is 0.497 e. The van der Waals surface area contributed by atoms with Gasteiger partial charge in [-0.2, -0.15) is 4.31 Å². The van der Waals surface area contributed by atoms with E-state index in [1.54, 1.807) is 42.8 Å². The molecule has 1 aromatic carbocycles. The van der Waals surface area contributed by atoms with E-state index in [1.807, 2.05) is 0 Å². The lowest BCUT2D eigenvalue weighted by molar-refractivity contribution is 0.0372. The van der Waals surface area contributed by atoms with Gasteiger partial charge in [-0.05, 0) is 43.7 Å². The quantitative estimate of drug-likeness (QED) is 0.801. The van der Waals surface area contributed by atoms with E-state index in [0.29, 0.717) is 29.7 Å². The molecule has 1 spiro atoms. The zero-order valence-corrected chi connectivity index (χ0v) is 14.7. The van der Waals surface area contributed by atoms with Crippen LogP contribution in [0.3, 0.4) is 0 Å². The number of rotatable bonds is 5. The highest BCUT2D eigenvalue weighted by Gasteiger charge is 2.55.